The molecule has 2 heteroatoms. The van der Waals surface area contributed by atoms with Gasteiger partial charge in [-0.25, -0.2) is 0 Å². The van der Waals surface area contributed by atoms with E-state index in [0.717, 1.165) is 12.0 Å². The normalized spacial score (nSPS) is 12.4. The fourth-order valence-electron chi connectivity index (χ4n) is 2.41. The number of hydrogen-bond acceptors (Lipinski definition) is 1. The van der Waals surface area contributed by atoms with Crippen LogP contribution in [0.3, 0.4) is 0 Å². The van der Waals surface area contributed by atoms with E-state index in [4.69, 9.17) is 4.43 Å². The molecule has 1 atom stereocenters. The first-order valence-corrected chi connectivity index (χ1v) is 9.86. The topological polar surface area (TPSA) is 9.23 Å². The Kier molecular flexibility index (Phi) is 8.15. The van der Waals surface area contributed by atoms with E-state index in [0.29, 0.717) is 5.92 Å². The van der Waals surface area contributed by atoms with Crippen molar-refractivity contribution in [3.63, 3.8) is 0 Å². The van der Waals surface area contributed by atoms with Gasteiger partial charge in [0.15, 0.2) is 0 Å². The van der Waals surface area contributed by atoms with Crippen molar-refractivity contribution in [3.8, 4) is 11.8 Å². The first-order chi connectivity index (χ1) is 12.5. The van der Waals surface area contributed by atoms with Crippen molar-refractivity contribution in [1.82, 2.24) is 0 Å². The Hall–Kier alpha value is -2.34. The lowest BCUT2D eigenvalue weighted by Crippen LogP contribution is -2.17. The quantitative estimate of drug-likeness (QED) is 0.344. The molecule has 0 aromatic heterocycles. The monoisotopic (exact) mass is 358 g/mol. The maximum atomic E-state index is 6.24. The Bertz CT molecular complexity index is 779. The van der Waals surface area contributed by atoms with Gasteiger partial charge in [-0.2, -0.15) is 0 Å². The molecule has 0 saturated heterocycles. The molecule has 2 radical (unpaired) electrons. The summed E-state index contributed by atoms with van der Waals surface area (Å²) in [5.74, 6) is 6.84. The molecule has 0 heterocycles. The van der Waals surface area contributed by atoms with Gasteiger partial charge in [0.1, 0.15) is 6.10 Å². The zero-order chi connectivity index (χ0) is 18.8. The van der Waals surface area contributed by atoms with Crippen LogP contribution in [-0.4, -0.2) is 15.9 Å². The molecular formula is C24H26OSi. The van der Waals surface area contributed by atoms with Crippen LogP contribution in [0.25, 0.3) is 11.3 Å². The van der Waals surface area contributed by atoms with Gasteiger partial charge in [0.05, 0.1) is 0 Å². The highest BCUT2D eigenvalue weighted by atomic mass is 28.2. The molecule has 26 heavy (non-hydrogen) atoms. The van der Waals surface area contributed by atoms with Crippen LogP contribution in [0.1, 0.15) is 38.3 Å². The van der Waals surface area contributed by atoms with E-state index in [1.165, 1.54) is 16.3 Å². The van der Waals surface area contributed by atoms with Crippen LogP contribution in [0, 0.1) is 17.8 Å². The van der Waals surface area contributed by atoms with E-state index in [2.05, 4.69) is 86.9 Å². The van der Waals surface area contributed by atoms with Gasteiger partial charge in [-0.05, 0) is 41.2 Å². The highest BCUT2D eigenvalue weighted by Gasteiger charge is 2.12. The highest BCUT2D eigenvalue weighted by molar-refractivity contribution is 6.57. The third-order valence-electron chi connectivity index (χ3n) is 3.64. The summed E-state index contributed by atoms with van der Waals surface area (Å²) in [5.41, 5.74) is 3.23. The number of hydrogen-bond donors (Lipinski definition) is 0. The van der Waals surface area contributed by atoms with Crippen LogP contribution in [0.2, 0.25) is 0 Å². The molecule has 0 bridgehead atoms. The summed E-state index contributed by atoms with van der Waals surface area (Å²) in [5, 5.41) is 1.18. The summed E-state index contributed by atoms with van der Waals surface area (Å²) in [7, 11) is 0.239. The largest absolute Gasteiger partial charge is 0.398 e. The molecule has 0 spiro atoms. The second kappa shape index (κ2) is 10.6. The Morgan fingerprint density at radius 2 is 1.69 bits per heavy atom. The molecule has 1 nitrogen and oxygen atoms in total. The van der Waals surface area contributed by atoms with E-state index in [9.17, 15) is 0 Å². The van der Waals surface area contributed by atoms with Gasteiger partial charge in [-0.3, -0.25) is 0 Å². The van der Waals surface area contributed by atoms with Crippen LogP contribution >= 0.6 is 0 Å². The Morgan fingerprint density at radius 3 is 2.27 bits per heavy atom. The summed E-state index contributed by atoms with van der Waals surface area (Å²) < 4.78 is 6.24. The minimum absolute atomic E-state index is 0.0760. The highest BCUT2D eigenvalue weighted by Crippen LogP contribution is 2.19. The van der Waals surface area contributed by atoms with Crippen molar-refractivity contribution in [3.05, 3.63) is 83.9 Å². The molecule has 0 saturated carbocycles. The van der Waals surface area contributed by atoms with Gasteiger partial charge < -0.3 is 4.43 Å². The molecule has 2 aromatic rings. The van der Waals surface area contributed by atoms with Crippen molar-refractivity contribution >= 4 is 21.0 Å². The van der Waals surface area contributed by atoms with Crippen molar-refractivity contribution in [2.45, 2.75) is 33.3 Å². The van der Waals surface area contributed by atoms with E-state index in [1.54, 1.807) is 0 Å². The number of allylic oxidation sites excluding steroid dienone is 1. The number of benzene rings is 2. The maximum Gasteiger partial charge on any atom is 0.271 e. The summed E-state index contributed by atoms with van der Waals surface area (Å²) in [4.78, 5) is 0. The van der Waals surface area contributed by atoms with Gasteiger partial charge in [0.25, 0.3) is 9.76 Å². The summed E-state index contributed by atoms with van der Waals surface area (Å²) in [6, 6.07) is 20.8. The van der Waals surface area contributed by atoms with Gasteiger partial charge >= 0.3 is 0 Å². The average molecular weight is 359 g/mol. The SMILES string of the molecule is C=C(C)C#CC(CC(C)C)O[Si]/C(=C\c1ccccc1)c1ccccc1. The zero-order valence-corrected chi connectivity index (χ0v) is 16.8. The van der Waals surface area contributed by atoms with E-state index in [1.807, 2.05) is 19.1 Å². The molecule has 0 aliphatic rings. The first-order valence-electron chi connectivity index (χ1n) is 8.95. The Labute approximate surface area is 160 Å². The molecule has 0 N–H and O–H groups in total. The molecule has 132 valence electrons. The lowest BCUT2D eigenvalue weighted by Gasteiger charge is -2.16. The van der Waals surface area contributed by atoms with Crippen molar-refractivity contribution in [2.24, 2.45) is 5.92 Å². The number of rotatable bonds is 7. The standard InChI is InChI=1S/C24H26OSi/c1-19(2)15-16-23(17-20(3)4)25-26-24(22-13-9-6-10-14-22)18-21-11-7-5-8-12-21/h5-14,18,20,23H,1,17H2,2-4H3/b24-18-. The van der Waals surface area contributed by atoms with Crippen LogP contribution in [0.4, 0.5) is 0 Å². The Balaban J connectivity index is 2.22. The summed E-state index contributed by atoms with van der Waals surface area (Å²) >= 11 is 0. The van der Waals surface area contributed by atoms with E-state index >= 15 is 0 Å². The van der Waals surface area contributed by atoms with Crippen LogP contribution in [0.15, 0.2) is 72.8 Å². The van der Waals surface area contributed by atoms with Gasteiger partial charge in [0.2, 0.25) is 0 Å². The second-order valence-corrected chi connectivity index (χ2v) is 7.70. The van der Waals surface area contributed by atoms with E-state index in [-0.39, 0.29) is 15.9 Å². The van der Waals surface area contributed by atoms with Gasteiger partial charge in [-0.1, -0.05) is 99.0 Å². The van der Waals surface area contributed by atoms with Crippen LogP contribution in [0.5, 0.6) is 0 Å². The summed E-state index contributed by atoms with van der Waals surface area (Å²) in [6.45, 7) is 10.2. The maximum absolute atomic E-state index is 6.24. The van der Waals surface area contributed by atoms with Gasteiger partial charge in [0, 0.05) is 0 Å². The lowest BCUT2D eigenvalue weighted by atomic mass is 10.1. The molecule has 2 rings (SSSR count). The van der Waals surface area contributed by atoms with E-state index < -0.39 is 0 Å². The van der Waals surface area contributed by atoms with Gasteiger partial charge in [-0.15, -0.1) is 0 Å². The Morgan fingerprint density at radius 1 is 1.08 bits per heavy atom. The van der Waals surface area contributed by atoms with Crippen molar-refractivity contribution in [1.29, 1.82) is 0 Å². The minimum atomic E-state index is -0.0760. The fraction of sp³-hybridized carbons (Fsp3) is 0.250. The third kappa shape index (κ3) is 7.27. The molecule has 1 unspecified atom stereocenters. The molecule has 2 aromatic carbocycles. The predicted octanol–water partition coefficient (Wildman–Crippen LogP) is 5.81. The summed E-state index contributed by atoms with van der Waals surface area (Å²) in [6.07, 6.45) is 3.04. The molecule has 0 fully saturated rings. The fourth-order valence-corrected chi connectivity index (χ4v) is 3.34. The van der Waals surface area contributed by atoms with Crippen LogP contribution in [-0.2, 0) is 4.43 Å². The lowest BCUT2D eigenvalue weighted by molar-refractivity contribution is 0.244. The minimum Gasteiger partial charge on any atom is -0.398 e. The van der Waals surface area contributed by atoms with Crippen molar-refractivity contribution in [2.75, 3.05) is 0 Å². The molecular weight excluding hydrogens is 332 g/mol. The second-order valence-electron chi connectivity index (χ2n) is 6.72. The zero-order valence-electron chi connectivity index (χ0n) is 15.8. The first kappa shape index (κ1) is 20.0. The molecule has 0 aliphatic carbocycles. The average Bonchev–Trinajstić information content (AvgIpc) is 2.64. The van der Waals surface area contributed by atoms with Crippen molar-refractivity contribution < 1.29 is 4.43 Å². The molecule has 0 amide bonds. The third-order valence-corrected chi connectivity index (χ3v) is 4.69. The predicted molar refractivity (Wildman–Crippen MR) is 113 cm³/mol. The molecule has 0 aliphatic heterocycles. The van der Waals surface area contributed by atoms with Crippen LogP contribution < -0.4 is 0 Å². The smallest absolute Gasteiger partial charge is 0.271 e.